The van der Waals surface area contributed by atoms with Crippen molar-refractivity contribution < 1.29 is 4.79 Å². The Morgan fingerprint density at radius 1 is 1.33 bits per heavy atom. The zero-order chi connectivity index (χ0) is 13.5. The molecule has 100 valence electrons. The molecule has 0 heterocycles. The third-order valence-corrected chi connectivity index (χ3v) is 3.60. The average molecular weight is 379 g/mol. The van der Waals surface area contributed by atoms with E-state index in [4.69, 9.17) is 5.84 Å². The first-order valence-corrected chi connectivity index (χ1v) is 7.42. The molecule has 18 heavy (non-hydrogen) atoms. The lowest BCUT2D eigenvalue weighted by molar-refractivity contribution is 0.0954. The van der Waals surface area contributed by atoms with Crippen LogP contribution in [0.4, 0.5) is 5.69 Å². The fourth-order valence-electron chi connectivity index (χ4n) is 1.60. The predicted molar refractivity (Wildman–Crippen MR) is 81.5 cm³/mol. The maximum Gasteiger partial charge on any atom is 0.267 e. The minimum absolute atomic E-state index is 0.310. The highest BCUT2D eigenvalue weighted by Gasteiger charge is 2.14. The van der Waals surface area contributed by atoms with Gasteiger partial charge in [0.15, 0.2) is 0 Å². The van der Waals surface area contributed by atoms with Crippen LogP contribution in [0.15, 0.2) is 21.1 Å². The number of hydrazine groups is 1. The van der Waals surface area contributed by atoms with E-state index in [9.17, 15) is 4.79 Å². The Labute approximate surface area is 124 Å². The molecular weight excluding hydrogens is 362 g/mol. The maximum atomic E-state index is 11.7. The zero-order valence-electron chi connectivity index (χ0n) is 10.2. The number of nitrogen functional groups attached to an aromatic ring is 1. The third-order valence-electron chi connectivity index (χ3n) is 2.51. The van der Waals surface area contributed by atoms with E-state index in [1.165, 1.54) is 12.8 Å². The van der Waals surface area contributed by atoms with E-state index in [0.717, 1.165) is 27.6 Å². The lowest BCUT2D eigenvalue weighted by Gasteiger charge is -2.13. The maximum absolute atomic E-state index is 11.7. The van der Waals surface area contributed by atoms with Gasteiger partial charge in [0.05, 0.1) is 11.3 Å². The smallest absolute Gasteiger partial charge is 0.267 e. The second-order valence-electron chi connectivity index (χ2n) is 3.92. The second kappa shape index (κ2) is 7.76. The van der Waals surface area contributed by atoms with E-state index in [1.54, 1.807) is 6.07 Å². The average Bonchev–Trinajstić information content (AvgIpc) is 2.35. The van der Waals surface area contributed by atoms with Crippen LogP contribution in [0.1, 0.15) is 36.5 Å². The zero-order valence-corrected chi connectivity index (χ0v) is 13.4. The summed E-state index contributed by atoms with van der Waals surface area (Å²) < 4.78 is 1.67. The van der Waals surface area contributed by atoms with Crippen LogP contribution in [0.2, 0.25) is 0 Å². The number of hydrogen-bond acceptors (Lipinski definition) is 3. The van der Waals surface area contributed by atoms with Crippen LogP contribution < -0.4 is 16.6 Å². The van der Waals surface area contributed by atoms with Crippen molar-refractivity contribution in [1.29, 1.82) is 0 Å². The Bertz CT molecular complexity index is 424. The fraction of sp³-hybridized carbons (Fsp3) is 0.417. The van der Waals surface area contributed by atoms with Crippen molar-refractivity contribution >= 4 is 43.5 Å². The molecule has 0 radical (unpaired) electrons. The Hall–Kier alpha value is -0.590. The molecule has 4 nitrogen and oxygen atoms in total. The van der Waals surface area contributed by atoms with Gasteiger partial charge >= 0.3 is 0 Å². The number of carbonyl (C=O) groups excluding carboxylic acids is 1. The number of nitrogens with two attached hydrogens (primary N) is 1. The minimum atomic E-state index is -0.310. The highest BCUT2D eigenvalue weighted by molar-refractivity contribution is 9.11. The van der Waals surface area contributed by atoms with E-state index in [2.05, 4.69) is 49.5 Å². The van der Waals surface area contributed by atoms with Crippen LogP contribution in [-0.2, 0) is 0 Å². The van der Waals surface area contributed by atoms with Gasteiger partial charge in [0, 0.05) is 15.5 Å². The lowest BCUT2D eigenvalue weighted by atomic mass is 10.1. The molecule has 0 spiro atoms. The van der Waals surface area contributed by atoms with Gasteiger partial charge in [-0.1, -0.05) is 35.7 Å². The van der Waals surface area contributed by atoms with Crippen molar-refractivity contribution in [3.8, 4) is 0 Å². The molecule has 1 aromatic carbocycles. The Kier molecular flexibility index (Phi) is 6.67. The van der Waals surface area contributed by atoms with Crippen LogP contribution in [0.25, 0.3) is 0 Å². The Balaban J connectivity index is 2.90. The van der Waals surface area contributed by atoms with Crippen molar-refractivity contribution in [3.05, 3.63) is 26.6 Å². The van der Waals surface area contributed by atoms with Crippen molar-refractivity contribution in [3.63, 3.8) is 0 Å². The first-order valence-electron chi connectivity index (χ1n) is 5.84. The van der Waals surface area contributed by atoms with Crippen LogP contribution in [0, 0.1) is 0 Å². The third kappa shape index (κ3) is 4.26. The highest BCUT2D eigenvalue weighted by atomic mass is 79.9. The first-order chi connectivity index (χ1) is 8.60. The van der Waals surface area contributed by atoms with Crippen molar-refractivity contribution in [2.75, 3.05) is 11.9 Å². The van der Waals surface area contributed by atoms with Gasteiger partial charge in [-0.25, -0.2) is 5.84 Å². The number of rotatable bonds is 6. The van der Waals surface area contributed by atoms with Crippen LogP contribution in [0.3, 0.4) is 0 Å². The molecule has 0 atom stereocenters. The molecule has 1 rings (SSSR count). The monoisotopic (exact) mass is 377 g/mol. The lowest BCUT2D eigenvalue weighted by Crippen LogP contribution is -2.30. The van der Waals surface area contributed by atoms with Gasteiger partial charge in [0.2, 0.25) is 0 Å². The standard InChI is InChI=1S/C12H17Br2N3O/c1-2-3-4-5-16-11-9(12(18)17-15)6-8(13)7-10(11)14/h6-7,16H,2-5,15H2,1H3,(H,17,18). The molecule has 0 aromatic heterocycles. The minimum Gasteiger partial charge on any atom is -0.383 e. The summed E-state index contributed by atoms with van der Waals surface area (Å²) in [5, 5.41) is 3.27. The van der Waals surface area contributed by atoms with E-state index in [-0.39, 0.29) is 5.91 Å². The number of amides is 1. The van der Waals surface area contributed by atoms with Gasteiger partial charge in [0.1, 0.15) is 0 Å². The molecule has 0 aliphatic rings. The molecule has 0 saturated carbocycles. The molecule has 0 bridgehead atoms. The SMILES string of the molecule is CCCCCNc1c(Br)cc(Br)cc1C(=O)NN. The summed E-state index contributed by atoms with van der Waals surface area (Å²) >= 11 is 6.81. The molecular formula is C12H17Br2N3O. The van der Waals surface area contributed by atoms with Crippen molar-refractivity contribution in [2.24, 2.45) is 5.84 Å². The molecule has 1 amide bonds. The van der Waals surface area contributed by atoms with E-state index >= 15 is 0 Å². The quantitative estimate of drug-likeness (QED) is 0.307. The Morgan fingerprint density at radius 3 is 2.67 bits per heavy atom. The number of hydrogen-bond donors (Lipinski definition) is 3. The van der Waals surface area contributed by atoms with Gasteiger partial charge < -0.3 is 5.32 Å². The van der Waals surface area contributed by atoms with Gasteiger partial charge in [-0.2, -0.15) is 0 Å². The van der Waals surface area contributed by atoms with Gasteiger partial charge in [-0.15, -0.1) is 0 Å². The van der Waals surface area contributed by atoms with Crippen molar-refractivity contribution in [2.45, 2.75) is 26.2 Å². The normalized spacial score (nSPS) is 10.2. The molecule has 0 fully saturated rings. The molecule has 1 aromatic rings. The number of halogens is 2. The second-order valence-corrected chi connectivity index (χ2v) is 5.69. The molecule has 0 saturated heterocycles. The summed E-state index contributed by atoms with van der Waals surface area (Å²) in [4.78, 5) is 11.7. The highest BCUT2D eigenvalue weighted by Crippen LogP contribution is 2.30. The number of anilines is 1. The van der Waals surface area contributed by atoms with E-state index < -0.39 is 0 Å². The molecule has 6 heteroatoms. The number of nitrogens with one attached hydrogen (secondary N) is 2. The summed E-state index contributed by atoms with van der Waals surface area (Å²) in [6.45, 7) is 2.99. The largest absolute Gasteiger partial charge is 0.383 e. The first kappa shape index (κ1) is 15.5. The summed E-state index contributed by atoms with van der Waals surface area (Å²) in [5.74, 6) is 4.88. The van der Waals surface area contributed by atoms with Gasteiger partial charge in [-0.3, -0.25) is 10.2 Å². The van der Waals surface area contributed by atoms with E-state index in [1.807, 2.05) is 6.07 Å². The van der Waals surface area contributed by atoms with Crippen LogP contribution >= 0.6 is 31.9 Å². The molecule has 0 unspecified atom stereocenters. The van der Waals surface area contributed by atoms with Crippen LogP contribution in [0.5, 0.6) is 0 Å². The summed E-state index contributed by atoms with van der Waals surface area (Å²) in [7, 11) is 0. The fourth-order valence-corrected chi connectivity index (χ4v) is 2.96. The molecule has 0 aliphatic carbocycles. The topological polar surface area (TPSA) is 67.2 Å². The van der Waals surface area contributed by atoms with Crippen LogP contribution in [-0.4, -0.2) is 12.5 Å². The molecule has 0 aliphatic heterocycles. The Morgan fingerprint density at radius 2 is 2.06 bits per heavy atom. The number of carbonyl (C=O) groups is 1. The van der Waals surface area contributed by atoms with Gasteiger partial charge in [-0.05, 0) is 34.5 Å². The number of unbranched alkanes of at least 4 members (excludes halogenated alkanes) is 2. The summed E-state index contributed by atoms with van der Waals surface area (Å²) in [5.41, 5.74) is 3.46. The summed E-state index contributed by atoms with van der Waals surface area (Å²) in [6, 6.07) is 3.64. The van der Waals surface area contributed by atoms with Crippen molar-refractivity contribution in [1.82, 2.24) is 5.43 Å². The predicted octanol–water partition coefficient (Wildman–Crippen LogP) is 3.42. The summed E-state index contributed by atoms with van der Waals surface area (Å²) in [6.07, 6.45) is 3.40. The number of benzene rings is 1. The van der Waals surface area contributed by atoms with Gasteiger partial charge in [0.25, 0.3) is 5.91 Å². The van der Waals surface area contributed by atoms with E-state index in [0.29, 0.717) is 5.56 Å². The molecule has 4 N–H and O–H groups in total.